The zero-order valence-electron chi connectivity index (χ0n) is 33.3. The van der Waals surface area contributed by atoms with Gasteiger partial charge in [0.15, 0.2) is 0 Å². The number of allylic oxidation sites excluding steroid dienone is 1. The molecule has 3 aliphatic heterocycles. The number of aromatic nitrogens is 4. The number of imidazole rings is 2. The number of H-pyrrole nitrogens is 2. The molecule has 2 fully saturated rings. The molecular weight excluding hydrogens is 837 g/mol. The summed E-state index contributed by atoms with van der Waals surface area (Å²) < 4.78 is 18.9. The van der Waals surface area contributed by atoms with Crippen molar-refractivity contribution in [2.75, 3.05) is 13.7 Å². The van der Waals surface area contributed by atoms with Crippen LogP contribution in [0.3, 0.4) is 0 Å². The molecule has 0 aliphatic carbocycles. The van der Waals surface area contributed by atoms with Gasteiger partial charge in [0.2, 0.25) is 0 Å². The molecule has 13 nitrogen and oxygen atoms in total. The Morgan fingerprint density at radius 2 is 1.88 bits per heavy atom. The van der Waals surface area contributed by atoms with Crippen molar-refractivity contribution in [3.05, 3.63) is 77.5 Å². The van der Waals surface area contributed by atoms with Crippen LogP contribution in [0.2, 0.25) is 0 Å². The first kappa shape index (κ1) is 39.2. The van der Waals surface area contributed by atoms with E-state index < -0.39 is 37.4 Å². The molecule has 4 atom stereocenters. The second-order valence-electron chi connectivity index (χ2n) is 16.0. The number of halogens is 1. The molecule has 4 N–H and O–H groups in total. The number of amides is 2. The van der Waals surface area contributed by atoms with E-state index in [1.807, 2.05) is 27.0 Å². The summed E-state index contributed by atoms with van der Waals surface area (Å²) >= 11 is -1.14. The van der Waals surface area contributed by atoms with Crippen LogP contribution in [0.1, 0.15) is 102 Å². The SMILES string of the molecule is CCC(=CC1CC[C@@H](c2nc3c(ccc4cc5c(cc43)OCc3cc(-c4cnc(C6CCCN6C(=O)OC(C)(C)C)[nH]4)ccc3-5)[nH]2)N1C(O)[I-]NC(=O)OC)CC. The minimum absolute atomic E-state index is 0.0298. The number of ether oxygens (including phenoxy) is 3. The number of fused-ring (bicyclic) bond motifs is 6. The zero-order chi connectivity index (χ0) is 40.0. The first-order valence-electron chi connectivity index (χ1n) is 19.8. The predicted octanol–water partition coefficient (Wildman–Crippen LogP) is 5.63. The number of alkyl halides is 1. The number of nitrogens with one attached hydrogen (secondary N) is 3. The molecule has 3 aromatic carbocycles. The number of benzene rings is 3. The van der Waals surface area contributed by atoms with Gasteiger partial charge in [-0.15, -0.1) is 0 Å². The number of nitrogens with zero attached hydrogens (tertiary/aromatic N) is 4. The Labute approximate surface area is 343 Å². The number of aliphatic hydroxyl groups excluding tert-OH is 1. The fraction of sp³-hybridized carbons (Fsp3) is 0.442. The number of rotatable bonds is 9. The number of aliphatic hydroxyl groups is 1. The van der Waals surface area contributed by atoms with Gasteiger partial charge in [0, 0.05) is 6.54 Å². The Morgan fingerprint density at radius 3 is 2.65 bits per heavy atom. The summed E-state index contributed by atoms with van der Waals surface area (Å²) in [6, 6.07) is 14.6. The normalized spacial score (nSPS) is 20.0. The second-order valence-corrected chi connectivity index (χ2v) is 18.2. The molecule has 302 valence electrons. The minimum atomic E-state index is -1.14. The van der Waals surface area contributed by atoms with E-state index >= 15 is 0 Å². The topological polar surface area (TPSA) is 158 Å². The summed E-state index contributed by atoms with van der Waals surface area (Å²) in [5.74, 6) is 2.37. The van der Waals surface area contributed by atoms with Gasteiger partial charge in [0.25, 0.3) is 0 Å². The van der Waals surface area contributed by atoms with Crippen LogP contribution < -0.4 is 29.7 Å². The number of carbonyl (C=O) groups is 2. The van der Waals surface area contributed by atoms with Gasteiger partial charge in [0.1, 0.15) is 11.4 Å². The Kier molecular flexibility index (Phi) is 11.0. The van der Waals surface area contributed by atoms with Gasteiger partial charge in [-0.1, -0.05) is 6.07 Å². The van der Waals surface area contributed by atoms with E-state index in [2.05, 4.69) is 80.8 Å². The van der Waals surface area contributed by atoms with Gasteiger partial charge in [-0.3, -0.25) is 4.90 Å². The molecule has 8 rings (SSSR count). The summed E-state index contributed by atoms with van der Waals surface area (Å²) in [5.41, 5.74) is 7.68. The molecule has 0 saturated carbocycles. The van der Waals surface area contributed by atoms with E-state index in [0.717, 1.165) is 106 Å². The zero-order valence-corrected chi connectivity index (χ0v) is 35.5. The van der Waals surface area contributed by atoms with E-state index in [0.29, 0.717) is 13.2 Å². The maximum atomic E-state index is 12.9. The van der Waals surface area contributed by atoms with E-state index in [4.69, 9.17) is 24.2 Å². The second kappa shape index (κ2) is 15.9. The summed E-state index contributed by atoms with van der Waals surface area (Å²) in [7, 11) is 1.33. The summed E-state index contributed by atoms with van der Waals surface area (Å²) in [6.45, 7) is 11.0. The van der Waals surface area contributed by atoms with Crippen molar-refractivity contribution < 1.29 is 50.4 Å². The Hall–Kier alpha value is -4.67. The molecule has 2 amide bonds. The van der Waals surface area contributed by atoms with Gasteiger partial charge in [-0.2, -0.15) is 0 Å². The number of methoxy groups -OCH3 is 1. The van der Waals surface area contributed by atoms with Crippen molar-refractivity contribution in [3.63, 3.8) is 0 Å². The third-order valence-electron chi connectivity index (χ3n) is 11.3. The van der Waals surface area contributed by atoms with Crippen molar-refractivity contribution in [1.82, 2.24) is 33.3 Å². The number of hydrogen-bond acceptors (Lipinski definition) is 9. The van der Waals surface area contributed by atoms with E-state index in [1.54, 1.807) is 4.90 Å². The fourth-order valence-corrected chi connectivity index (χ4v) is 10.3. The van der Waals surface area contributed by atoms with Crippen LogP contribution in [0.15, 0.2) is 60.3 Å². The monoisotopic (exact) mass is 888 g/mol. The first-order chi connectivity index (χ1) is 27.4. The average molecular weight is 889 g/mol. The molecule has 57 heavy (non-hydrogen) atoms. The van der Waals surface area contributed by atoms with Crippen molar-refractivity contribution in [2.45, 2.75) is 108 Å². The van der Waals surface area contributed by atoms with Crippen molar-refractivity contribution >= 4 is 34.0 Å². The first-order valence-corrected chi connectivity index (χ1v) is 22.2. The number of aromatic amines is 2. The van der Waals surface area contributed by atoms with Gasteiger partial charge in [-0.05, 0) is 45.2 Å². The molecule has 2 saturated heterocycles. The predicted molar refractivity (Wildman–Crippen MR) is 214 cm³/mol. The third kappa shape index (κ3) is 7.83. The van der Waals surface area contributed by atoms with E-state index in [9.17, 15) is 14.7 Å². The van der Waals surface area contributed by atoms with Crippen molar-refractivity contribution in [2.24, 2.45) is 0 Å². The van der Waals surface area contributed by atoms with E-state index in [-0.39, 0.29) is 24.2 Å². The van der Waals surface area contributed by atoms with Crippen LogP contribution in [0, 0.1) is 0 Å². The number of carbonyl (C=O) groups excluding carboxylic acids is 2. The molecule has 5 aromatic rings. The molecule has 0 spiro atoms. The molecule has 0 radical (unpaired) electrons. The molecule has 3 aliphatic rings. The average Bonchev–Trinajstić information content (AvgIpc) is 4.03. The maximum absolute atomic E-state index is 12.9. The number of hydrogen-bond donors (Lipinski definition) is 4. The van der Waals surface area contributed by atoms with Gasteiger partial charge >= 0.3 is 233 Å². The van der Waals surface area contributed by atoms with Crippen LogP contribution in [-0.2, 0) is 16.1 Å². The van der Waals surface area contributed by atoms with Gasteiger partial charge < -0.3 is 9.72 Å². The van der Waals surface area contributed by atoms with Crippen molar-refractivity contribution in [1.29, 1.82) is 0 Å². The van der Waals surface area contributed by atoms with E-state index in [1.165, 1.54) is 12.7 Å². The van der Waals surface area contributed by atoms with Gasteiger partial charge in [0.05, 0.1) is 17.9 Å². The van der Waals surface area contributed by atoms with Crippen LogP contribution in [0.4, 0.5) is 9.59 Å². The van der Waals surface area contributed by atoms with Crippen LogP contribution in [-0.4, -0.2) is 76.6 Å². The Balaban J connectivity index is 1.06. The van der Waals surface area contributed by atoms with Crippen molar-refractivity contribution in [3.8, 4) is 28.1 Å². The molecule has 3 unspecified atom stereocenters. The molecular formula is C43H51IN7O6-. The summed E-state index contributed by atoms with van der Waals surface area (Å²) in [4.78, 5) is 45.7. The van der Waals surface area contributed by atoms with Crippen LogP contribution >= 0.6 is 0 Å². The standard InChI is InChI=1S/C43H51IN7O6/c1-7-24(8-2)18-28-13-16-35(51(28)40(52)44-49-41(53)55-6)39-46-32-15-12-25-20-31-29-14-11-26(19-27(29)23-56-36(31)21-30(25)37(32)48-39)33-22-45-38(47-33)34-10-9-17-50(34)42(54)57-43(3,4)5/h11-12,14-15,18-22,28,34-35,40,52H,7-10,13,16-17,23H2,1-6H3,(H,45,47)(H,46,48)(H,49,53)/q-1/t28?,34?,35-,40?/m0/s1. The Bertz CT molecular complexity index is 2340. The van der Waals surface area contributed by atoms with Crippen LogP contribution in [0.25, 0.3) is 44.2 Å². The third-order valence-corrected chi connectivity index (χ3v) is 13.2. The summed E-state index contributed by atoms with van der Waals surface area (Å²) in [5, 5.41) is 13.5. The Morgan fingerprint density at radius 1 is 1.05 bits per heavy atom. The quantitative estimate of drug-likeness (QED) is 0.0485. The van der Waals surface area contributed by atoms with Gasteiger partial charge in [-0.25, -0.2) is 9.78 Å². The molecule has 0 bridgehead atoms. The number of likely N-dealkylation sites (tertiary alicyclic amines) is 2. The van der Waals surface area contributed by atoms with Crippen LogP contribution in [0.5, 0.6) is 5.75 Å². The molecule has 5 heterocycles. The molecule has 14 heteroatoms. The molecule has 2 aromatic heterocycles. The fourth-order valence-electron chi connectivity index (χ4n) is 8.43. The summed E-state index contributed by atoms with van der Waals surface area (Å²) in [6.07, 6.45) is 8.62.